The number of ether oxygens (including phenoxy) is 2. The molecule has 0 aliphatic carbocycles. The molecule has 0 spiro atoms. The normalized spacial score (nSPS) is 10.3. The predicted octanol–water partition coefficient (Wildman–Crippen LogP) is 4.58. The van der Waals surface area contributed by atoms with Gasteiger partial charge < -0.3 is 19.9 Å². The van der Waals surface area contributed by atoms with Gasteiger partial charge in [-0.2, -0.15) is 0 Å². The predicted molar refractivity (Wildman–Crippen MR) is 104 cm³/mol. The zero-order valence-electron chi connectivity index (χ0n) is 15.0. The van der Waals surface area contributed by atoms with E-state index in [0.29, 0.717) is 24.7 Å². The van der Waals surface area contributed by atoms with E-state index in [-0.39, 0.29) is 5.56 Å². The van der Waals surface area contributed by atoms with Gasteiger partial charge in [-0.3, -0.25) is 0 Å². The van der Waals surface area contributed by atoms with Crippen LogP contribution in [0.25, 0.3) is 0 Å². The summed E-state index contributed by atoms with van der Waals surface area (Å²) in [5, 5.41) is 12.3. The summed E-state index contributed by atoms with van der Waals surface area (Å²) in [6.45, 7) is 1.01. The number of hydrogen-bond acceptors (Lipinski definition) is 4. The van der Waals surface area contributed by atoms with Gasteiger partial charge in [0, 0.05) is 12.2 Å². The Morgan fingerprint density at radius 1 is 0.926 bits per heavy atom. The number of nitrogens with one attached hydrogen (secondary N) is 1. The molecule has 3 aromatic rings. The fraction of sp³-hybridized carbons (Fsp3) is 0.136. The molecule has 27 heavy (non-hydrogen) atoms. The van der Waals surface area contributed by atoms with Gasteiger partial charge in [0.25, 0.3) is 0 Å². The van der Waals surface area contributed by atoms with E-state index in [4.69, 9.17) is 14.6 Å². The second-order valence-electron chi connectivity index (χ2n) is 6.00. The first-order valence-electron chi connectivity index (χ1n) is 8.56. The molecule has 5 nitrogen and oxygen atoms in total. The lowest BCUT2D eigenvalue weighted by molar-refractivity contribution is 0.0697. The van der Waals surface area contributed by atoms with Crippen LogP contribution in [0, 0.1) is 0 Å². The molecule has 0 heterocycles. The molecular formula is C22H21NO4. The summed E-state index contributed by atoms with van der Waals surface area (Å²) in [5.41, 5.74) is 3.09. The van der Waals surface area contributed by atoms with Gasteiger partial charge in [0.15, 0.2) is 11.5 Å². The van der Waals surface area contributed by atoms with Gasteiger partial charge in [-0.15, -0.1) is 0 Å². The van der Waals surface area contributed by atoms with E-state index in [2.05, 4.69) is 5.32 Å². The van der Waals surface area contributed by atoms with Crippen LogP contribution in [0.4, 0.5) is 5.69 Å². The fourth-order valence-corrected chi connectivity index (χ4v) is 2.64. The Morgan fingerprint density at radius 2 is 1.74 bits per heavy atom. The lowest BCUT2D eigenvalue weighted by atomic mass is 10.1. The van der Waals surface area contributed by atoms with Gasteiger partial charge in [0.05, 0.1) is 12.7 Å². The number of carboxylic acids is 1. The highest BCUT2D eigenvalue weighted by atomic mass is 16.5. The fourth-order valence-electron chi connectivity index (χ4n) is 2.64. The highest BCUT2D eigenvalue weighted by molar-refractivity contribution is 5.88. The SMILES string of the molecule is COc1cc(CNc2cccc(C(=O)O)c2)ccc1OCc1ccccc1. The molecule has 2 N–H and O–H groups in total. The van der Waals surface area contributed by atoms with E-state index < -0.39 is 5.97 Å². The first-order valence-corrected chi connectivity index (χ1v) is 8.56. The summed E-state index contributed by atoms with van der Waals surface area (Å²) in [6.07, 6.45) is 0. The van der Waals surface area contributed by atoms with Crippen LogP contribution in [-0.4, -0.2) is 18.2 Å². The average molecular weight is 363 g/mol. The highest BCUT2D eigenvalue weighted by Gasteiger charge is 2.07. The van der Waals surface area contributed by atoms with E-state index in [1.165, 1.54) is 0 Å². The van der Waals surface area contributed by atoms with E-state index >= 15 is 0 Å². The van der Waals surface area contributed by atoms with Gasteiger partial charge in [0.2, 0.25) is 0 Å². The number of aromatic carboxylic acids is 1. The van der Waals surface area contributed by atoms with Crippen molar-refractivity contribution in [3.8, 4) is 11.5 Å². The average Bonchev–Trinajstić information content (AvgIpc) is 2.72. The molecule has 0 saturated carbocycles. The van der Waals surface area contributed by atoms with Crippen molar-refractivity contribution in [3.05, 3.63) is 89.5 Å². The molecule has 138 valence electrons. The number of carboxylic acid groups (broad SMARTS) is 1. The Hall–Kier alpha value is -3.47. The summed E-state index contributed by atoms with van der Waals surface area (Å²) in [4.78, 5) is 11.1. The lowest BCUT2D eigenvalue weighted by Crippen LogP contribution is -2.03. The first-order chi connectivity index (χ1) is 13.2. The molecular weight excluding hydrogens is 342 g/mol. The molecule has 0 radical (unpaired) electrons. The van der Waals surface area contributed by atoms with Crippen LogP contribution < -0.4 is 14.8 Å². The minimum absolute atomic E-state index is 0.252. The Bertz CT molecular complexity index is 909. The van der Waals surface area contributed by atoms with E-state index in [1.807, 2.05) is 54.6 Å². The third-order valence-electron chi connectivity index (χ3n) is 4.07. The number of carbonyl (C=O) groups is 1. The molecule has 0 bridgehead atoms. The third-order valence-corrected chi connectivity index (χ3v) is 4.07. The van der Waals surface area contributed by atoms with Crippen molar-refractivity contribution in [3.63, 3.8) is 0 Å². The van der Waals surface area contributed by atoms with Crippen LogP contribution in [-0.2, 0) is 13.2 Å². The van der Waals surface area contributed by atoms with Crippen molar-refractivity contribution in [1.29, 1.82) is 0 Å². The molecule has 0 atom stereocenters. The van der Waals surface area contributed by atoms with Crippen LogP contribution in [0.15, 0.2) is 72.8 Å². The Morgan fingerprint density at radius 3 is 2.48 bits per heavy atom. The van der Waals surface area contributed by atoms with Gasteiger partial charge in [-0.1, -0.05) is 42.5 Å². The number of anilines is 1. The number of benzene rings is 3. The van der Waals surface area contributed by atoms with Crippen molar-refractivity contribution in [1.82, 2.24) is 0 Å². The summed E-state index contributed by atoms with van der Waals surface area (Å²) in [7, 11) is 1.61. The lowest BCUT2D eigenvalue weighted by Gasteiger charge is -2.13. The standard InChI is InChI=1S/C22H21NO4/c1-26-21-12-17(14-23-19-9-5-8-18(13-19)22(24)25)10-11-20(21)27-15-16-6-3-2-4-7-16/h2-13,23H,14-15H2,1H3,(H,24,25). The molecule has 0 amide bonds. The quantitative estimate of drug-likeness (QED) is 0.613. The zero-order valence-corrected chi connectivity index (χ0v) is 15.0. The second-order valence-corrected chi connectivity index (χ2v) is 6.00. The number of rotatable bonds is 8. The topological polar surface area (TPSA) is 67.8 Å². The van der Waals surface area contributed by atoms with Crippen molar-refractivity contribution in [2.45, 2.75) is 13.2 Å². The number of hydrogen-bond donors (Lipinski definition) is 2. The molecule has 5 heteroatoms. The molecule has 3 aromatic carbocycles. The molecule has 0 fully saturated rings. The molecule has 0 aliphatic heterocycles. The van der Waals surface area contributed by atoms with E-state index in [9.17, 15) is 4.79 Å². The Labute approximate surface area is 158 Å². The van der Waals surface area contributed by atoms with Crippen LogP contribution in [0.5, 0.6) is 11.5 Å². The maximum absolute atomic E-state index is 11.1. The highest BCUT2D eigenvalue weighted by Crippen LogP contribution is 2.29. The second kappa shape index (κ2) is 8.76. The van der Waals surface area contributed by atoms with Gasteiger partial charge in [-0.05, 0) is 41.5 Å². The van der Waals surface area contributed by atoms with Crippen molar-refractivity contribution >= 4 is 11.7 Å². The monoisotopic (exact) mass is 363 g/mol. The summed E-state index contributed by atoms with van der Waals surface area (Å²) >= 11 is 0. The summed E-state index contributed by atoms with van der Waals surface area (Å²) < 4.78 is 11.3. The summed E-state index contributed by atoms with van der Waals surface area (Å²) in [6, 6.07) is 22.4. The first kappa shape index (κ1) is 18.3. The molecule has 3 rings (SSSR count). The van der Waals surface area contributed by atoms with Gasteiger partial charge in [0.1, 0.15) is 6.61 Å². The minimum Gasteiger partial charge on any atom is -0.493 e. The summed E-state index contributed by atoms with van der Waals surface area (Å²) in [5.74, 6) is 0.391. The maximum Gasteiger partial charge on any atom is 0.335 e. The van der Waals surface area contributed by atoms with Crippen molar-refractivity contribution < 1.29 is 19.4 Å². The maximum atomic E-state index is 11.1. The van der Waals surface area contributed by atoms with Gasteiger partial charge >= 0.3 is 5.97 Å². The Balaban J connectivity index is 1.65. The third kappa shape index (κ3) is 5.01. The zero-order chi connectivity index (χ0) is 19.1. The number of methoxy groups -OCH3 is 1. The Kier molecular flexibility index (Phi) is 5.94. The molecule has 0 saturated heterocycles. The smallest absolute Gasteiger partial charge is 0.335 e. The van der Waals surface area contributed by atoms with E-state index in [0.717, 1.165) is 16.8 Å². The van der Waals surface area contributed by atoms with E-state index in [1.54, 1.807) is 25.3 Å². The van der Waals surface area contributed by atoms with Crippen LogP contribution >= 0.6 is 0 Å². The molecule has 0 unspecified atom stereocenters. The molecule has 0 aromatic heterocycles. The van der Waals surface area contributed by atoms with Crippen LogP contribution in [0.2, 0.25) is 0 Å². The largest absolute Gasteiger partial charge is 0.493 e. The van der Waals surface area contributed by atoms with Crippen LogP contribution in [0.3, 0.4) is 0 Å². The van der Waals surface area contributed by atoms with Crippen molar-refractivity contribution in [2.75, 3.05) is 12.4 Å². The van der Waals surface area contributed by atoms with Gasteiger partial charge in [-0.25, -0.2) is 4.79 Å². The van der Waals surface area contributed by atoms with Crippen LogP contribution in [0.1, 0.15) is 21.5 Å². The van der Waals surface area contributed by atoms with Crippen molar-refractivity contribution in [2.24, 2.45) is 0 Å². The minimum atomic E-state index is -0.944. The molecule has 0 aliphatic rings.